The highest BCUT2D eigenvalue weighted by atomic mass is 16.6. The molecule has 104 valence electrons. The number of carbonyl (C=O) groups is 1. The van der Waals surface area contributed by atoms with Crippen molar-refractivity contribution in [1.82, 2.24) is 4.90 Å². The minimum atomic E-state index is -0.238. The van der Waals surface area contributed by atoms with Crippen LogP contribution in [0.5, 0.6) is 0 Å². The molecule has 0 amide bonds. The van der Waals surface area contributed by atoms with Crippen molar-refractivity contribution >= 4 is 5.97 Å². The summed E-state index contributed by atoms with van der Waals surface area (Å²) in [5, 5.41) is 0. The van der Waals surface area contributed by atoms with Crippen molar-refractivity contribution < 1.29 is 9.53 Å². The van der Waals surface area contributed by atoms with E-state index < -0.39 is 0 Å². The fraction of sp³-hybridized carbons (Fsp3) is 0.471. The summed E-state index contributed by atoms with van der Waals surface area (Å²) in [7, 11) is 0. The van der Waals surface area contributed by atoms with Crippen LogP contribution in [0.25, 0.3) is 0 Å². The number of benzene rings is 1. The van der Waals surface area contributed by atoms with Gasteiger partial charge in [0.25, 0.3) is 0 Å². The zero-order valence-electron chi connectivity index (χ0n) is 11.5. The van der Waals surface area contributed by atoms with Gasteiger partial charge in [-0.15, -0.1) is 12.3 Å². The van der Waals surface area contributed by atoms with Crippen molar-refractivity contribution in [2.75, 3.05) is 13.1 Å². The Bertz CT molecular complexity index is 520. The SMILES string of the molecule is C#C[C@H]1CN2CC[C@H]1CC[C@H]2OC(=O)c1ccccc1. The zero-order valence-corrected chi connectivity index (χ0v) is 11.5. The van der Waals surface area contributed by atoms with E-state index >= 15 is 0 Å². The summed E-state index contributed by atoms with van der Waals surface area (Å²) >= 11 is 0. The molecule has 2 bridgehead atoms. The van der Waals surface area contributed by atoms with E-state index in [2.05, 4.69) is 10.8 Å². The monoisotopic (exact) mass is 269 g/mol. The molecule has 3 aliphatic rings. The lowest BCUT2D eigenvalue weighted by atomic mass is 9.85. The molecule has 0 saturated carbocycles. The Kier molecular flexibility index (Phi) is 3.75. The van der Waals surface area contributed by atoms with Crippen LogP contribution in [0.4, 0.5) is 0 Å². The van der Waals surface area contributed by atoms with Gasteiger partial charge in [0, 0.05) is 19.0 Å². The van der Waals surface area contributed by atoms with Gasteiger partial charge >= 0.3 is 5.97 Å². The van der Waals surface area contributed by atoms with Crippen LogP contribution in [0.3, 0.4) is 0 Å². The summed E-state index contributed by atoms with van der Waals surface area (Å²) < 4.78 is 5.70. The smallest absolute Gasteiger partial charge is 0.339 e. The third kappa shape index (κ3) is 2.57. The molecule has 3 aliphatic heterocycles. The topological polar surface area (TPSA) is 29.5 Å². The van der Waals surface area contributed by atoms with Gasteiger partial charge in [0.2, 0.25) is 0 Å². The Hall–Kier alpha value is -1.79. The van der Waals surface area contributed by atoms with Crippen LogP contribution >= 0.6 is 0 Å². The number of fused-ring (bicyclic) bond motifs is 4. The number of rotatable bonds is 2. The maximum Gasteiger partial charge on any atom is 0.339 e. The van der Waals surface area contributed by atoms with Crippen LogP contribution in [-0.4, -0.2) is 30.2 Å². The highest BCUT2D eigenvalue weighted by molar-refractivity contribution is 5.89. The van der Waals surface area contributed by atoms with Crippen LogP contribution in [0.15, 0.2) is 30.3 Å². The van der Waals surface area contributed by atoms with E-state index in [1.165, 1.54) is 0 Å². The van der Waals surface area contributed by atoms with Gasteiger partial charge in [0.15, 0.2) is 6.23 Å². The second kappa shape index (κ2) is 5.68. The molecule has 20 heavy (non-hydrogen) atoms. The van der Waals surface area contributed by atoms with Crippen molar-refractivity contribution in [1.29, 1.82) is 0 Å². The molecule has 1 aromatic rings. The van der Waals surface area contributed by atoms with Crippen molar-refractivity contribution in [3.8, 4) is 12.3 Å². The lowest BCUT2D eigenvalue weighted by Gasteiger charge is -2.34. The molecule has 1 aromatic carbocycles. The maximum atomic E-state index is 12.2. The minimum absolute atomic E-state index is 0.119. The fourth-order valence-electron chi connectivity index (χ4n) is 3.26. The van der Waals surface area contributed by atoms with E-state index in [0.717, 1.165) is 32.4 Å². The van der Waals surface area contributed by atoms with Gasteiger partial charge in [0.1, 0.15) is 0 Å². The van der Waals surface area contributed by atoms with E-state index in [1.54, 1.807) is 12.1 Å². The van der Waals surface area contributed by atoms with Crippen molar-refractivity contribution in [2.45, 2.75) is 25.5 Å². The van der Waals surface area contributed by atoms with Crippen molar-refractivity contribution in [3.63, 3.8) is 0 Å². The molecule has 0 aromatic heterocycles. The standard InChI is InChI=1S/C17H19NO2/c1-2-13-12-18-11-10-14(13)8-9-16(18)20-17(19)15-6-4-3-5-7-15/h1,3-7,13-14,16H,8-12H2/t13-,14+,16+/m0/s1. The van der Waals surface area contributed by atoms with Crippen LogP contribution < -0.4 is 0 Å². The third-order valence-electron chi connectivity index (χ3n) is 4.45. The summed E-state index contributed by atoms with van der Waals surface area (Å²) in [6.07, 6.45) is 8.56. The summed E-state index contributed by atoms with van der Waals surface area (Å²) in [5.74, 6) is 3.56. The second-order valence-electron chi connectivity index (χ2n) is 5.62. The lowest BCUT2D eigenvalue weighted by Crippen LogP contribution is -2.43. The summed E-state index contributed by atoms with van der Waals surface area (Å²) in [5.41, 5.74) is 0.612. The third-order valence-corrected chi connectivity index (χ3v) is 4.45. The predicted octanol–water partition coefficient (Wildman–Crippen LogP) is 2.53. The molecule has 0 spiro atoms. The Morgan fingerprint density at radius 3 is 2.80 bits per heavy atom. The van der Waals surface area contributed by atoms with Gasteiger partial charge in [-0.2, -0.15) is 0 Å². The molecule has 3 fully saturated rings. The average Bonchev–Trinajstić information content (AvgIpc) is 2.79. The van der Waals surface area contributed by atoms with Crippen LogP contribution in [-0.2, 0) is 4.74 Å². The number of nitrogens with zero attached hydrogens (tertiary/aromatic N) is 1. The Labute approximate surface area is 119 Å². The van der Waals surface area contributed by atoms with Gasteiger partial charge < -0.3 is 4.74 Å². The first-order chi connectivity index (χ1) is 9.78. The number of carbonyl (C=O) groups excluding carboxylic acids is 1. The molecule has 3 heteroatoms. The molecule has 3 nitrogen and oxygen atoms in total. The average molecular weight is 269 g/mol. The molecule has 0 radical (unpaired) electrons. The van der Waals surface area contributed by atoms with Gasteiger partial charge in [-0.05, 0) is 37.3 Å². The highest BCUT2D eigenvalue weighted by Gasteiger charge is 2.37. The first-order valence-corrected chi connectivity index (χ1v) is 7.24. The van der Waals surface area contributed by atoms with E-state index in [0.29, 0.717) is 17.4 Å². The predicted molar refractivity (Wildman–Crippen MR) is 76.9 cm³/mol. The zero-order chi connectivity index (χ0) is 13.9. The first kappa shape index (κ1) is 13.2. The van der Waals surface area contributed by atoms with Gasteiger partial charge in [-0.1, -0.05) is 18.2 Å². The number of hydrogen-bond donors (Lipinski definition) is 0. The molecule has 4 atom stereocenters. The number of ether oxygens (including phenoxy) is 1. The van der Waals surface area contributed by atoms with Crippen LogP contribution in [0.2, 0.25) is 0 Å². The number of terminal acetylenes is 1. The normalized spacial score (nSPS) is 32.1. The van der Waals surface area contributed by atoms with Crippen LogP contribution in [0.1, 0.15) is 29.6 Å². The van der Waals surface area contributed by atoms with Gasteiger partial charge in [-0.3, -0.25) is 4.90 Å². The number of esters is 1. The largest absolute Gasteiger partial charge is 0.443 e. The van der Waals surface area contributed by atoms with Crippen molar-refractivity contribution in [3.05, 3.63) is 35.9 Å². The number of piperidine rings is 1. The minimum Gasteiger partial charge on any atom is -0.443 e. The Morgan fingerprint density at radius 2 is 2.05 bits per heavy atom. The van der Waals surface area contributed by atoms with Crippen molar-refractivity contribution in [2.24, 2.45) is 11.8 Å². The van der Waals surface area contributed by atoms with E-state index in [4.69, 9.17) is 11.2 Å². The Morgan fingerprint density at radius 1 is 1.25 bits per heavy atom. The first-order valence-electron chi connectivity index (χ1n) is 7.24. The van der Waals surface area contributed by atoms with Gasteiger partial charge in [0.05, 0.1) is 5.56 Å². The molecular weight excluding hydrogens is 250 g/mol. The summed E-state index contributed by atoms with van der Waals surface area (Å²) in [6, 6.07) is 9.17. The fourth-order valence-corrected chi connectivity index (χ4v) is 3.26. The number of hydrogen-bond acceptors (Lipinski definition) is 3. The molecule has 3 heterocycles. The van der Waals surface area contributed by atoms with E-state index in [1.807, 2.05) is 18.2 Å². The lowest BCUT2D eigenvalue weighted by molar-refractivity contribution is -0.0370. The summed E-state index contributed by atoms with van der Waals surface area (Å²) in [4.78, 5) is 14.4. The quantitative estimate of drug-likeness (QED) is 0.610. The van der Waals surface area contributed by atoms with Crippen LogP contribution in [0, 0.1) is 24.2 Å². The molecule has 3 saturated heterocycles. The highest BCUT2D eigenvalue weighted by Crippen LogP contribution is 2.34. The second-order valence-corrected chi connectivity index (χ2v) is 5.62. The van der Waals surface area contributed by atoms with E-state index in [9.17, 15) is 4.79 Å². The maximum absolute atomic E-state index is 12.2. The van der Waals surface area contributed by atoms with Gasteiger partial charge in [-0.25, -0.2) is 4.79 Å². The molecule has 0 N–H and O–H groups in total. The summed E-state index contributed by atoms with van der Waals surface area (Å²) in [6.45, 7) is 1.84. The molecule has 0 aliphatic carbocycles. The molecule has 4 rings (SSSR count). The molecule has 1 unspecified atom stereocenters. The Balaban J connectivity index is 1.69. The molecular formula is C17H19NO2. The van der Waals surface area contributed by atoms with E-state index in [-0.39, 0.29) is 12.2 Å².